The Kier molecular flexibility index (Phi) is 3.82. The molecule has 1 fully saturated rings. The Morgan fingerprint density at radius 3 is 2.78 bits per heavy atom. The van der Waals surface area contributed by atoms with Crippen LogP contribution in [0.2, 0.25) is 0 Å². The first kappa shape index (κ1) is 15.0. The smallest absolute Gasteiger partial charge is 0.128 e. The number of methoxy groups -OCH3 is 1. The van der Waals surface area contributed by atoms with Gasteiger partial charge in [-0.15, -0.1) is 0 Å². The van der Waals surface area contributed by atoms with Crippen LogP contribution in [0.3, 0.4) is 0 Å². The second kappa shape index (κ2) is 5.84. The Bertz CT molecular complexity index is 701. The van der Waals surface area contributed by atoms with Gasteiger partial charge in [0.2, 0.25) is 0 Å². The molecule has 4 rings (SSSR count). The molecular weight excluding hydrogens is 288 g/mol. The van der Waals surface area contributed by atoms with Crippen LogP contribution in [-0.2, 0) is 13.1 Å². The van der Waals surface area contributed by atoms with Gasteiger partial charge in [-0.1, -0.05) is 25.3 Å². The second-order valence-corrected chi connectivity index (χ2v) is 7.18. The van der Waals surface area contributed by atoms with Crippen LogP contribution >= 0.6 is 0 Å². The van der Waals surface area contributed by atoms with Crippen LogP contribution in [0.1, 0.15) is 37.8 Å². The van der Waals surface area contributed by atoms with E-state index < -0.39 is 5.60 Å². The lowest BCUT2D eigenvalue weighted by atomic mass is 9.84. The zero-order valence-corrected chi connectivity index (χ0v) is 13.9. The summed E-state index contributed by atoms with van der Waals surface area (Å²) in [5.74, 6) is 0.946. The first-order chi connectivity index (χ1) is 11.2. The van der Waals surface area contributed by atoms with Gasteiger partial charge < -0.3 is 14.4 Å². The molecule has 1 aromatic heterocycles. The molecule has 1 aliphatic heterocycles. The SMILES string of the molecule is COc1cccc2c1cc1n2CCN(CC2(O)CCCCC2)C1. The van der Waals surface area contributed by atoms with Gasteiger partial charge in [-0.3, -0.25) is 4.90 Å². The molecule has 0 amide bonds. The Morgan fingerprint density at radius 1 is 1.17 bits per heavy atom. The summed E-state index contributed by atoms with van der Waals surface area (Å²) in [6.07, 6.45) is 5.53. The molecule has 0 bridgehead atoms. The van der Waals surface area contributed by atoms with Gasteiger partial charge in [0.25, 0.3) is 0 Å². The van der Waals surface area contributed by atoms with Crippen molar-refractivity contribution in [3.63, 3.8) is 0 Å². The molecule has 0 saturated heterocycles. The quantitative estimate of drug-likeness (QED) is 0.945. The van der Waals surface area contributed by atoms with Gasteiger partial charge in [0.15, 0.2) is 0 Å². The number of aliphatic hydroxyl groups is 1. The second-order valence-electron chi connectivity index (χ2n) is 7.18. The van der Waals surface area contributed by atoms with Crippen molar-refractivity contribution in [3.05, 3.63) is 30.0 Å². The maximum atomic E-state index is 10.8. The van der Waals surface area contributed by atoms with Crippen LogP contribution < -0.4 is 4.74 Å². The monoisotopic (exact) mass is 314 g/mol. The van der Waals surface area contributed by atoms with E-state index in [1.54, 1.807) is 7.11 Å². The Labute approximate surface area is 137 Å². The summed E-state index contributed by atoms with van der Waals surface area (Å²) in [7, 11) is 1.73. The highest BCUT2D eigenvalue weighted by Crippen LogP contribution is 2.33. The van der Waals surface area contributed by atoms with E-state index in [0.29, 0.717) is 0 Å². The topological polar surface area (TPSA) is 37.6 Å². The summed E-state index contributed by atoms with van der Waals surface area (Å²) in [5, 5.41) is 12.0. The number of aromatic nitrogens is 1. The molecule has 2 aliphatic rings. The number of hydrogen-bond donors (Lipinski definition) is 1. The Balaban J connectivity index is 1.57. The largest absolute Gasteiger partial charge is 0.496 e. The molecule has 0 unspecified atom stereocenters. The predicted molar refractivity (Wildman–Crippen MR) is 91.8 cm³/mol. The fraction of sp³-hybridized carbons (Fsp3) is 0.579. The van der Waals surface area contributed by atoms with E-state index in [9.17, 15) is 5.11 Å². The standard InChI is InChI=1S/C19H26N2O2/c1-23-18-7-5-6-17-16(18)12-15-13-20(10-11-21(15)17)14-19(22)8-3-2-4-9-19/h5-7,12,22H,2-4,8-11,13-14H2,1H3. The molecule has 0 radical (unpaired) electrons. The van der Waals surface area contributed by atoms with Crippen LogP contribution in [-0.4, -0.2) is 40.4 Å². The fourth-order valence-electron chi connectivity index (χ4n) is 4.35. The highest BCUT2D eigenvalue weighted by molar-refractivity contribution is 5.87. The van der Waals surface area contributed by atoms with Gasteiger partial charge >= 0.3 is 0 Å². The van der Waals surface area contributed by atoms with E-state index in [0.717, 1.165) is 44.8 Å². The van der Waals surface area contributed by atoms with Crippen LogP contribution in [0.4, 0.5) is 0 Å². The molecule has 0 atom stereocenters. The third kappa shape index (κ3) is 2.74. The lowest BCUT2D eigenvalue weighted by molar-refractivity contribution is -0.0314. The summed E-state index contributed by atoms with van der Waals surface area (Å²) in [5.41, 5.74) is 2.12. The first-order valence-corrected chi connectivity index (χ1v) is 8.78. The Morgan fingerprint density at radius 2 is 2.00 bits per heavy atom. The number of nitrogens with zero attached hydrogens (tertiary/aromatic N) is 2. The maximum Gasteiger partial charge on any atom is 0.128 e. The van der Waals surface area contributed by atoms with E-state index in [-0.39, 0.29) is 0 Å². The predicted octanol–water partition coefficient (Wildman–Crippen LogP) is 3.16. The van der Waals surface area contributed by atoms with Gasteiger partial charge in [-0.05, 0) is 31.0 Å². The van der Waals surface area contributed by atoms with Gasteiger partial charge in [0.1, 0.15) is 5.75 Å². The number of benzene rings is 1. The summed E-state index contributed by atoms with van der Waals surface area (Å²) in [6.45, 7) is 3.73. The van der Waals surface area contributed by atoms with E-state index >= 15 is 0 Å². The van der Waals surface area contributed by atoms with E-state index in [1.165, 1.54) is 35.9 Å². The molecule has 1 N–H and O–H groups in total. The zero-order chi connectivity index (χ0) is 15.9. The van der Waals surface area contributed by atoms with Crippen molar-refractivity contribution in [3.8, 4) is 5.75 Å². The van der Waals surface area contributed by atoms with Crippen molar-refractivity contribution < 1.29 is 9.84 Å². The summed E-state index contributed by atoms with van der Waals surface area (Å²) in [4.78, 5) is 2.42. The highest BCUT2D eigenvalue weighted by Gasteiger charge is 2.32. The molecule has 0 spiro atoms. The molecule has 1 saturated carbocycles. The minimum absolute atomic E-state index is 0.468. The molecule has 124 valence electrons. The lowest BCUT2D eigenvalue weighted by Gasteiger charge is -2.38. The normalized spacial score (nSPS) is 21.3. The number of β-amino-alcohol motifs (C(OH)–C–C–N with tert-alkyl or cyclic N) is 1. The average Bonchev–Trinajstić information content (AvgIpc) is 2.92. The molecular formula is C19H26N2O2. The van der Waals surface area contributed by atoms with E-state index in [4.69, 9.17) is 4.74 Å². The zero-order valence-electron chi connectivity index (χ0n) is 13.9. The van der Waals surface area contributed by atoms with Crippen molar-refractivity contribution in [2.75, 3.05) is 20.2 Å². The van der Waals surface area contributed by atoms with E-state index in [2.05, 4.69) is 27.7 Å². The Hall–Kier alpha value is -1.52. The van der Waals surface area contributed by atoms with Crippen molar-refractivity contribution in [1.82, 2.24) is 9.47 Å². The van der Waals surface area contributed by atoms with Crippen LogP contribution in [0.5, 0.6) is 5.75 Å². The minimum atomic E-state index is -0.468. The van der Waals surface area contributed by atoms with Crippen molar-refractivity contribution in [2.45, 2.75) is 50.8 Å². The molecule has 1 aromatic carbocycles. The van der Waals surface area contributed by atoms with Crippen LogP contribution in [0, 0.1) is 0 Å². The molecule has 4 heteroatoms. The van der Waals surface area contributed by atoms with Crippen LogP contribution in [0.15, 0.2) is 24.3 Å². The lowest BCUT2D eigenvalue weighted by Crippen LogP contribution is -2.46. The van der Waals surface area contributed by atoms with Gasteiger partial charge in [0.05, 0.1) is 18.2 Å². The van der Waals surface area contributed by atoms with Gasteiger partial charge in [0, 0.05) is 37.3 Å². The van der Waals surface area contributed by atoms with Crippen molar-refractivity contribution in [1.29, 1.82) is 0 Å². The number of rotatable bonds is 3. The number of hydrogen-bond acceptors (Lipinski definition) is 3. The van der Waals surface area contributed by atoms with Gasteiger partial charge in [-0.25, -0.2) is 0 Å². The van der Waals surface area contributed by atoms with Gasteiger partial charge in [-0.2, -0.15) is 0 Å². The summed E-state index contributed by atoms with van der Waals surface area (Å²) in [6, 6.07) is 8.51. The van der Waals surface area contributed by atoms with Crippen LogP contribution in [0.25, 0.3) is 10.9 Å². The number of fused-ring (bicyclic) bond motifs is 3. The summed E-state index contributed by atoms with van der Waals surface area (Å²) >= 11 is 0. The first-order valence-electron chi connectivity index (χ1n) is 8.78. The number of ether oxygens (including phenoxy) is 1. The molecule has 2 aromatic rings. The molecule has 23 heavy (non-hydrogen) atoms. The maximum absolute atomic E-state index is 10.8. The van der Waals surface area contributed by atoms with Crippen molar-refractivity contribution >= 4 is 10.9 Å². The third-order valence-corrected chi connectivity index (χ3v) is 5.54. The molecule has 1 aliphatic carbocycles. The van der Waals surface area contributed by atoms with Crippen molar-refractivity contribution in [2.24, 2.45) is 0 Å². The fourth-order valence-corrected chi connectivity index (χ4v) is 4.35. The van der Waals surface area contributed by atoms with E-state index in [1.807, 2.05) is 6.07 Å². The molecule has 2 heterocycles. The minimum Gasteiger partial charge on any atom is -0.496 e. The third-order valence-electron chi connectivity index (χ3n) is 5.54. The summed E-state index contributed by atoms with van der Waals surface area (Å²) < 4.78 is 7.90. The average molecular weight is 314 g/mol. The molecule has 4 nitrogen and oxygen atoms in total. The highest BCUT2D eigenvalue weighted by atomic mass is 16.5.